The molecule has 0 aliphatic carbocycles. The van der Waals surface area contributed by atoms with Crippen LogP contribution in [0.15, 0.2) is 12.4 Å². The molecule has 0 bridgehead atoms. The molecule has 1 aliphatic rings. The third-order valence-corrected chi connectivity index (χ3v) is 2.91. The fourth-order valence-corrected chi connectivity index (χ4v) is 1.98. The molecule has 1 aromatic heterocycles. The molecule has 0 aromatic carbocycles. The second kappa shape index (κ2) is 3.71. The zero-order chi connectivity index (χ0) is 10.1. The summed E-state index contributed by atoms with van der Waals surface area (Å²) in [6.45, 7) is 3.02. The quantitative estimate of drug-likeness (QED) is 0.761. The monoisotopic (exact) mass is 195 g/mol. The first-order valence-electron chi connectivity index (χ1n) is 5.04. The normalized spacial score (nSPS) is 29.4. The van der Waals surface area contributed by atoms with Crippen molar-refractivity contribution in [2.45, 2.75) is 25.5 Å². The highest BCUT2D eigenvalue weighted by molar-refractivity contribution is 5.12. The Labute approximate surface area is 84.0 Å². The number of nitrogens with two attached hydrogens (primary N) is 1. The second-order valence-electron chi connectivity index (χ2n) is 4.07. The number of nitrogens with zero attached hydrogens (tertiary/aromatic N) is 2. The van der Waals surface area contributed by atoms with E-state index in [-0.39, 0.29) is 12.1 Å². The summed E-state index contributed by atoms with van der Waals surface area (Å²) >= 11 is 0. The Kier molecular flexibility index (Phi) is 2.56. The molecule has 1 saturated heterocycles. The molecule has 1 aliphatic heterocycles. The number of hydrogen-bond donors (Lipinski definition) is 1. The van der Waals surface area contributed by atoms with E-state index >= 15 is 0 Å². The van der Waals surface area contributed by atoms with Crippen LogP contribution in [0.5, 0.6) is 0 Å². The third-order valence-electron chi connectivity index (χ3n) is 2.91. The van der Waals surface area contributed by atoms with Gasteiger partial charge in [0, 0.05) is 25.4 Å². The van der Waals surface area contributed by atoms with Crippen LogP contribution < -0.4 is 5.73 Å². The van der Waals surface area contributed by atoms with Crippen LogP contribution >= 0.6 is 0 Å². The van der Waals surface area contributed by atoms with Crippen molar-refractivity contribution in [3.05, 3.63) is 18.0 Å². The van der Waals surface area contributed by atoms with E-state index in [1.165, 1.54) is 0 Å². The Balaban J connectivity index is 2.11. The lowest BCUT2D eigenvalue weighted by Gasteiger charge is -2.21. The molecule has 78 valence electrons. The summed E-state index contributed by atoms with van der Waals surface area (Å²) in [4.78, 5) is 0. The summed E-state index contributed by atoms with van der Waals surface area (Å²) < 4.78 is 7.40. The van der Waals surface area contributed by atoms with E-state index in [9.17, 15) is 0 Å². The highest BCUT2D eigenvalue weighted by Gasteiger charge is 2.31. The lowest BCUT2D eigenvalue weighted by Crippen LogP contribution is -2.29. The smallest absolute Gasteiger partial charge is 0.0795 e. The van der Waals surface area contributed by atoms with Gasteiger partial charge in [0.2, 0.25) is 0 Å². The number of ether oxygens (including phenoxy) is 1. The molecule has 0 spiro atoms. The van der Waals surface area contributed by atoms with Gasteiger partial charge in [-0.25, -0.2) is 0 Å². The molecule has 1 aromatic rings. The summed E-state index contributed by atoms with van der Waals surface area (Å²) in [7, 11) is 1.90. The summed E-state index contributed by atoms with van der Waals surface area (Å²) in [5, 5.41) is 4.12. The van der Waals surface area contributed by atoms with Crippen molar-refractivity contribution in [2.75, 3.05) is 6.61 Å². The number of hydrogen-bond acceptors (Lipinski definition) is 3. The fraction of sp³-hybridized carbons (Fsp3) is 0.700. The average Bonchev–Trinajstić information content (AvgIpc) is 2.73. The summed E-state index contributed by atoms with van der Waals surface area (Å²) in [5.41, 5.74) is 7.19. The molecule has 2 rings (SSSR count). The molecule has 4 nitrogen and oxygen atoms in total. The Morgan fingerprint density at radius 3 is 3.00 bits per heavy atom. The predicted octanol–water partition coefficient (Wildman–Crippen LogP) is 0.845. The van der Waals surface area contributed by atoms with E-state index in [1.54, 1.807) is 4.68 Å². The van der Waals surface area contributed by atoms with E-state index in [0.717, 1.165) is 18.6 Å². The van der Waals surface area contributed by atoms with Gasteiger partial charge < -0.3 is 10.5 Å². The molecule has 2 N–H and O–H groups in total. The number of rotatable bonds is 2. The van der Waals surface area contributed by atoms with Crippen LogP contribution in [-0.4, -0.2) is 22.5 Å². The first-order valence-corrected chi connectivity index (χ1v) is 5.04. The first kappa shape index (κ1) is 9.68. The van der Waals surface area contributed by atoms with Gasteiger partial charge in [-0.2, -0.15) is 5.10 Å². The van der Waals surface area contributed by atoms with Crippen LogP contribution in [0.25, 0.3) is 0 Å². The van der Waals surface area contributed by atoms with Crippen molar-refractivity contribution in [1.29, 1.82) is 0 Å². The molecule has 0 saturated carbocycles. The highest BCUT2D eigenvalue weighted by atomic mass is 16.5. The van der Waals surface area contributed by atoms with Crippen LogP contribution in [0.4, 0.5) is 0 Å². The number of aromatic nitrogens is 2. The molecule has 1 fully saturated rings. The molecular formula is C10H17N3O. The van der Waals surface area contributed by atoms with Gasteiger partial charge in [-0.05, 0) is 12.3 Å². The predicted molar refractivity (Wildman–Crippen MR) is 53.7 cm³/mol. The summed E-state index contributed by atoms with van der Waals surface area (Å²) in [6, 6.07) is -0.0406. The maximum Gasteiger partial charge on any atom is 0.0795 e. The minimum atomic E-state index is -0.0406. The van der Waals surface area contributed by atoms with Gasteiger partial charge >= 0.3 is 0 Å². The zero-order valence-electron chi connectivity index (χ0n) is 8.68. The van der Waals surface area contributed by atoms with Crippen molar-refractivity contribution >= 4 is 0 Å². The molecule has 0 radical (unpaired) electrons. The van der Waals surface area contributed by atoms with Crippen LogP contribution in [0.2, 0.25) is 0 Å². The Hall–Kier alpha value is -0.870. The van der Waals surface area contributed by atoms with Gasteiger partial charge in [0.1, 0.15) is 0 Å². The van der Waals surface area contributed by atoms with Crippen molar-refractivity contribution in [1.82, 2.24) is 9.78 Å². The Morgan fingerprint density at radius 1 is 1.71 bits per heavy atom. The summed E-state index contributed by atoms with van der Waals surface area (Å²) in [6.07, 6.45) is 5.04. The van der Waals surface area contributed by atoms with Crippen molar-refractivity contribution in [3.63, 3.8) is 0 Å². The van der Waals surface area contributed by atoms with Gasteiger partial charge in [-0.1, -0.05) is 6.92 Å². The average molecular weight is 195 g/mol. The van der Waals surface area contributed by atoms with Gasteiger partial charge in [-0.15, -0.1) is 0 Å². The highest BCUT2D eigenvalue weighted by Crippen LogP contribution is 2.29. The van der Waals surface area contributed by atoms with Crippen LogP contribution in [0, 0.1) is 5.92 Å². The van der Waals surface area contributed by atoms with Gasteiger partial charge in [0.25, 0.3) is 0 Å². The molecule has 4 heteroatoms. The Morgan fingerprint density at radius 2 is 2.50 bits per heavy atom. The minimum Gasteiger partial charge on any atom is -0.376 e. The largest absolute Gasteiger partial charge is 0.376 e. The molecule has 2 heterocycles. The lowest BCUT2D eigenvalue weighted by molar-refractivity contribution is 0.0725. The molecular weight excluding hydrogens is 178 g/mol. The van der Waals surface area contributed by atoms with E-state index in [0.29, 0.717) is 5.92 Å². The SMILES string of the molecule is CC1CCOC1C(N)c1cnn(C)c1. The van der Waals surface area contributed by atoms with Crippen LogP contribution in [0.1, 0.15) is 24.9 Å². The molecule has 14 heavy (non-hydrogen) atoms. The molecule has 3 atom stereocenters. The van der Waals surface area contributed by atoms with E-state index in [1.807, 2.05) is 19.4 Å². The third kappa shape index (κ3) is 1.67. The number of aryl methyl sites for hydroxylation is 1. The van der Waals surface area contributed by atoms with Crippen LogP contribution in [0.3, 0.4) is 0 Å². The van der Waals surface area contributed by atoms with E-state index < -0.39 is 0 Å². The van der Waals surface area contributed by atoms with Gasteiger partial charge in [0.05, 0.1) is 18.3 Å². The lowest BCUT2D eigenvalue weighted by atomic mass is 9.95. The van der Waals surface area contributed by atoms with Gasteiger partial charge in [-0.3, -0.25) is 4.68 Å². The Bertz CT molecular complexity index is 310. The fourth-order valence-electron chi connectivity index (χ4n) is 1.98. The van der Waals surface area contributed by atoms with Crippen molar-refractivity contribution < 1.29 is 4.74 Å². The first-order chi connectivity index (χ1) is 6.68. The van der Waals surface area contributed by atoms with Crippen LogP contribution in [-0.2, 0) is 11.8 Å². The molecule has 0 amide bonds. The topological polar surface area (TPSA) is 53.1 Å². The molecule has 3 unspecified atom stereocenters. The van der Waals surface area contributed by atoms with Crippen molar-refractivity contribution in [2.24, 2.45) is 18.7 Å². The van der Waals surface area contributed by atoms with Crippen molar-refractivity contribution in [3.8, 4) is 0 Å². The standard InChI is InChI=1S/C10H17N3O/c1-7-3-4-14-10(7)9(11)8-5-12-13(2)6-8/h5-7,9-10H,3-4,11H2,1-2H3. The summed E-state index contributed by atoms with van der Waals surface area (Å²) in [5.74, 6) is 0.546. The van der Waals surface area contributed by atoms with E-state index in [4.69, 9.17) is 10.5 Å². The van der Waals surface area contributed by atoms with E-state index in [2.05, 4.69) is 12.0 Å². The maximum absolute atomic E-state index is 6.13. The zero-order valence-corrected chi connectivity index (χ0v) is 8.68. The minimum absolute atomic E-state index is 0.0406. The maximum atomic E-state index is 6.13. The van der Waals surface area contributed by atoms with Gasteiger partial charge in [0.15, 0.2) is 0 Å². The second-order valence-corrected chi connectivity index (χ2v) is 4.07.